The van der Waals surface area contributed by atoms with E-state index in [0.29, 0.717) is 9.13 Å². The van der Waals surface area contributed by atoms with Crippen LogP contribution in [0.4, 0.5) is 8.78 Å². The van der Waals surface area contributed by atoms with Gasteiger partial charge in [-0.1, -0.05) is 13.8 Å². The first-order valence-electron chi connectivity index (χ1n) is 7.70. The Kier molecular flexibility index (Phi) is 7.24. The molecule has 0 aromatic heterocycles. The maximum Gasteiger partial charge on any atom is 0.378 e. The molecule has 1 heterocycles. The van der Waals surface area contributed by atoms with Crippen molar-refractivity contribution in [2.45, 2.75) is 38.3 Å². The second-order valence-electron chi connectivity index (χ2n) is 6.14. The number of hydrogen-bond donors (Lipinski definition) is 2. The Labute approximate surface area is 180 Å². The Balaban J connectivity index is 1.93. The second-order valence-corrected chi connectivity index (χ2v) is 8.55. The van der Waals surface area contributed by atoms with Crippen LogP contribution < -0.4 is 0 Å². The molecule has 2 rings (SSSR count). The summed E-state index contributed by atoms with van der Waals surface area (Å²) in [5, 5.41) is 18.7. The van der Waals surface area contributed by atoms with Crippen LogP contribution in [-0.2, 0) is 23.8 Å². The number of carboxylic acids is 1. The maximum atomic E-state index is 13.7. The number of aliphatic carboxylic acids is 1. The van der Waals surface area contributed by atoms with Gasteiger partial charge in [0.05, 0.1) is 3.57 Å². The molecular weight excluding hydrogens is 596 g/mol. The number of ether oxygens (including phenoxy) is 3. The molecular formula is C16H16F2I2O7. The first kappa shape index (κ1) is 22.5. The topological polar surface area (TPSA) is 106 Å². The Morgan fingerprint density at radius 3 is 2.52 bits per heavy atom. The highest BCUT2D eigenvalue weighted by Gasteiger charge is 2.52. The van der Waals surface area contributed by atoms with Crippen LogP contribution >= 0.6 is 45.2 Å². The number of benzene rings is 1. The average Bonchev–Trinajstić information content (AvgIpc) is 3.32. The van der Waals surface area contributed by atoms with Gasteiger partial charge in [-0.25, -0.2) is 9.59 Å². The lowest BCUT2D eigenvalue weighted by atomic mass is 10.0. The molecule has 1 aromatic rings. The number of phenolic OH excluding ortho intramolecular Hbond substituents is 1. The number of carbonyl (C=O) groups is 2. The highest BCUT2D eigenvalue weighted by molar-refractivity contribution is 14.1. The van der Waals surface area contributed by atoms with E-state index in [4.69, 9.17) is 14.6 Å². The predicted molar refractivity (Wildman–Crippen MR) is 104 cm³/mol. The van der Waals surface area contributed by atoms with Crippen LogP contribution in [0.15, 0.2) is 12.1 Å². The monoisotopic (exact) mass is 612 g/mol. The molecule has 3 unspecified atom stereocenters. The van der Waals surface area contributed by atoms with Gasteiger partial charge < -0.3 is 24.4 Å². The number of esters is 1. The molecule has 1 aliphatic rings. The third-order valence-electron chi connectivity index (χ3n) is 3.69. The lowest BCUT2D eigenvalue weighted by Gasteiger charge is -2.26. The van der Waals surface area contributed by atoms with Crippen molar-refractivity contribution in [1.82, 2.24) is 0 Å². The fourth-order valence-electron chi connectivity index (χ4n) is 2.32. The van der Waals surface area contributed by atoms with Crippen molar-refractivity contribution in [2.75, 3.05) is 6.61 Å². The first-order chi connectivity index (χ1) is 12.4. The van der Waals surface area contributed by atoms with E-state index < -0.39 is 48.9 Å². The molecule has 0 aliphatic carbocycles. The number of halogens is 4. The molecule has 1 saturated heterocycles. The number of carboxylic acid groups (broad SMARTS) is 1. The highest BCUT2D eigenvalue weighted by atomic mass is 127. The highest BCUT2D eigenvalue weighted by Crippen LogP contribution is 2.45. The van der Waals surface area contributed by atoms with Gasteiger partial charge in [0.1, 0.15) is 18.5 Å². The minimum absolute atomic E-state index is 0.0377. The molecule has 0 radical (unpaired) electrons. The van der Waals surface area contributed by atoms with Crippen LogP contribution in [0.3, 0.4) is 0 Å². The SMILES string of the molecule is CC(C)C(OC(=O)COC1OC1c1cc(I)cc(I)c1O)C(F)(F)C(=O)O. The zero-order chi connectivity index (χ0) is 20.5. The Hall–Kier alpha value is -0.800. The lowest BCUT2D eigenvalue weighted by Crippen LogP contribution is -2.47. The van der Waals surface area contributed by atoms with E-state index in [1.54, 1.807) is 12.1 Å². The molecule has 1 aromatic carbocycles. The minimum Gasteiger partial charge on any atom is -0.506 e. The van der Waals surface area contributed by atoms with Gasteiger partial charge in [0, 0.05) is 9.13 Å². The molecule has 0 spiro atoms. The minimum atomic E-state index is -4.22. The van der Waals surface area contributed by atoms with Crippen molar-refractivity contribution in [2.24, 2.45) is 5.92 Å². The van der Waals surface area contributed by atoms with Crippen LogP contribution in [0.25, 0.3) is 0 Å². The average molecular weight is 612 g/mol. The van der Waals surface area contributed by atoms with Crippen molar-refractivity contribution in [3.8, 4) is 5.75 Å². The Morgan fingerprint density at radius 1 is 1.33 bits per heavy atom. The summed E-state index contributed by atoms with van der Waals surface area (Å²) in [4.78, 5) is 22.5. The quantitative estimate of drug-likeness (QED) is 0.264. The smallest absolute Gasteiger partial charge is 0.378 e. The summed E-state index contributed by atoms with van der Waals surface area (Å²) >= 11 is 4.04. The molecule has 150 valence electrons. The number of aromatic hydroxyl groups is 1. The van der Waals surface area contributed by atoms with E-state index in [1.807, 2.05) is 22.6 Å². The van der Waals surface area contributed by atoms with Gasteiger partial charge in [-0.3, -0.25) is 0 Å². The number of alkyl halides is 2. The van der Waals surface area contributed by atoms with Crippen molar-refractivity contribution in [3.63, 3.8) is 0 Å². The predicted octanol–water partition coefficient (Wildman–Crippen LogP) is 3.30. The summed E-state index contributed by atoms with van der Waals surface area (Å²) in [6, 6.07) is 3.47. The number of epoxide rings is 1. The van der Waals surface area contributed by atoms with Crippen molar-refractivity contribution in [3.05, 3.63) is 24.8 Å². The van der Waals surface area contributed by atoms with Gasteiger partial charge in [-0.15, -0.1) is 0 Å². The van der Waals surface area contributed by atoms with Crippen molar-refractivity contribution < 1.29 is 42.8 Å². The van der Waals surface area contributed by atoms with Gasteiger partial charge in [0.15, 0.2) is 12.4 Å². The molecule has 2 N–H and O–H groups in total. The van der Waals surface area contributed by atoms with Crippen molar-refractivity contribution >= 4 is 57.1 Å². The second kappa shape index (κ2) is 8.69. The number of rotatable bonds is 8. The van der Waals surface area contributed by atoms with E-state index in [2.05, 4.69) is 27.3 Å². The largest absolute Gasteiger partial charge is 0.506 e. The zero-order valence-corrected chi connectivity index (χ0v) is 18.4. The summed E-state index contributed by atoms with van der Waals surface area (Å²) < 4.78 is 43.9. The third kappa shape index (κ3) is 5.38. The lowest BCUT2D eigenvalue weighted by molar-refractivity contribution is -0.201. The fourth-order valence-corrected chi connectivity index (χ4v) is 4.21. The summed E-state index contributed by atoms with van der Waals surface area (Å²) in [5.41, 5.74) is 0.488. The zero-order valence-electron chi connectivity index (χ0n) is 14.1. The van der Waals surface area contributed by atoms with E-state index >= 15 is 0 Å². The normalized spacial score (nSPS) is 20.4. The van der Waals surface area contributed by atoms with E-state index in [1.165, 1.54) is 13.8 Å². The van der Waals surface area contributed by atoms with Gasteiger partial charge in [-0.2, -0.15) is 8.78 Å². The Bertz CT molecular complexity index is 742. The first-order valence-corrected chi connectivity index (χ1v) is 9.86. The number of hydrogen-bond acceptors (Lipinski definition) is 6. The molecule has 1 aliphatic heterocycles. The van der Waals surface area contributed by atoms with E-state index in [0.717, 1.165) is 3.57 Å². The molecule has 0 amide bonds. The standard InChI is InChI=1S/C16H16F2I2O7/c1-6(2)13(16(17,18)15(23)24)26-10(21)5-25-14-12(27-14)8-3-7(19)4-9(20)11(8)22/h3-4,6,12-14,22H,5H2,1-2H3,(H,23,24). The molecule has 7 nitrogen and oxygen atoms in total. The van der Waals surface area contributed by atoms with Crippen molar-refractivity contribution in [1.29, 1.82) is 0 Å². The molecule has 27 heavy (non-hydrogen) atoms. The maximum absolute atomic E-state index is 13.7. The molecule has 11 heteroatoms. The van der Waals surface area contributed by atoms with Crippen LogP contribution in [0.5, 0.6) is 5.75 Å². The third-order valence-corrected chi connectivity index (χ3v) is 5.13. The van der Waals surface area contributed by atoms with Gasteiger partial charge in [-0.05, 0) is 63.2 Å². The van der Waals surface area contributed by atoms with E-state index in [-0.39, 0.29) is 5.75 Å². The fraction of sp³-hybridized carbons (Fsp3) is 0.500. The summed E-state index contributed by atoms with van der Waals surface area (Å²) in [6.07, 6.45) is -3.55. The molecule has 3 atom stereocenters. The summed E-state index contributed by atoms with van der Waals surface area (Å²) in [7, 11) is 0. The van der Waals surface area contributed by atoms with Gasteiger partial charge in [0.2, 0.25) is 0 Å². The van der Waals surface area contributed by atoms with Crippen LogP contribution in [0, 0.1) is 13.1 Å². The number of carbonyl (C=O) groups excluding carboxylic acids is 1. The Morgan fingerprint density at radius 2 is 1.96 bits per heavy atom. The molecule has 1 fully saturated rings. The molecule has 0 saturated carbocycles. The van der Waals surface area contributed by atoms with Gasteiger partial charge >= 0.3 is 17.9 Å². The number of phenols is 1. The van der Waals surface area contributed by atoms with Crippen LogP contribution in [0.1, 0.15) is 25.5 Å². The van der Waals surface area contributed by atoms with Crippen LogP contribution in [-0.4, -0.2) is 47.1 Å². The summed E-state index contributed by atoms with van der Waals surface area (Å²) in [6.45, 7) is 1.94. The van der Waals surface area contributed by atoms with E-state index in [9.17, 15) is 23.5 Å². The van der Waals surface area contributed by atoms with Gasteiger partial charge in [0.25, 0.3) is 0 Å². The molecule has 0 bridgehead atoms. The summed E-state index contributed by atoms with van der Waals surface area (Å²) in [5.74, 6) is -8.60. The van der Waals surface area contributed by atoms with Crippen LogP contribution in [0.2, 0.25) is 0 Å².